The van der Waals surface area contributed by atoms with Crippen LogP contribution in [0.4, 0.5) is 0 Å². The number of nitrogens with zero attached hydrogens (tertiary/aromatic N) is 1. The van der Waals surface area contributed by atoms with Gasteiger partial charge in [0.1, 0.15) is 0 Å². The number of benzene rings is 2. The monoisotopic (exact) mass is 331 g/mol. The molecular weight excluding hydrogens is 310 g/mol. The van der Waals surface area contributed by atoms with Gasteiger partial charge in [-0.25, -0.2) is 4.99 Å². The molecule has 2 rings (SSSR count). The lowest BCUT2D eigenvalue weighted by molar-refractivity contribution is 0.835. The average molecular weight is 332 g/mol. The maximum Gasteiger partial charge on any atom is 0.198 e. The summed E-state index contributed by atoms with van der Waals surface area (Å²) in [6.45, 7) is 1.26. The summed E-state index contributed by atoms with van der Waals surface area (Å²) in [6.07, 6.45) is 0.880. The Kier molecular flexibility index (Phi) is 8.24. The lowest BCUT2D eigenvalue weighted by Gasteiger charge is -2.11. The molecule has 5 N–H and O–H groups in total. The van der Waals surface area contributed by atoms with Gasteiger partial charge in [0.2, 0.25) is 0 Å². The highest BCUT2D eigenvalue weighted by Crippen LogP contribution is 2.00. The SMILES string of the molecule is Cl.N=C(N)NC(=NCc1ccccc1)NCCc1ccccc1. The molecule has 2 aromatic carbocycles. The van der Waals surface area contributed by atoms with Gasteiger partial charge in [0.05, 0.1) is 6.54 Å². The van der Waals surface area contributed by atoms with Crippen LogP contribution in [0.2, 0.25) is 0 Å². The Morgan fingerprint density at radius 3 is 2.09 bits per heavy atom. The molecule has 0 atom stereocenters. The lowest BCUT2D eigenvalue weighted by atomic mass is 10.1. The number of nitrogens with two attached hydrogens (primary N) is 1. The topological polar surface area (TPSA) is 86.3 Å². The standard InChI is InChI=1S/C17H21N5.ClH/c18-16(19)22-17(21-13-15-9-5-2-6-10-15)20-12-11-14-7-3-1-4-8-14;/h1-10H,11-13H2,(H5,18,19,20,21,22);1H. The molecule has 0 fully saturated rings. The molecule has 2 aromatic rings. The molecule has 0 aliphatic carbocycles. The zero-order chi connectivity index (χ0) is 15.6. The Hall–Kier alpha value is -2.53. The van der Waals surface area contributed by atoms with Gasteiger partial charge >= 0.3 is 0 Å². The smallest absolute Gasteiger partial charge is 0.198 e. The second kappa shape index (κ2) is 10.2. The minimum Gasteiger partial charge on any atom is -0.370 e. The summed E-state index contributed by atoms with van der Waals surface area (Å²) < 4.78 is 0. The van der Waals surface area contributed by atoms with Gasteiger partial charge in [-0.2, -0.15) is 0 Å². The predicted molar refractivity (Wildman–Crippen MR) is 98.0 cm³/mol. The fourth-order valence-corrected chi connectivity index (χ4v) is 1.99. The summed E-state index contributed by atoms with van der Waals surface area (Å²) in [5.41, 5.74) is 7.75. The van der Waals surface area contributed by atoms with Gasteiger partial charge in [-0.15, -0.1) is 12.4 Å². The van der Waals surface area contributed by atoms with Gasteiger partial charge < -0.3 is 11.1 Å². The Morgan fingerprint density at radius 1 is 0.957 bits per heavy atom. The number of hydrogen-bond donors (Lipinski definition) is 4. The van der Waals surface area contributed by atoms with Crippen LogP contribution in [0.3, 0.4) is 0 Å². The van der Waals surface area contributed by atoms with Crippen LogP contribution < -0.4 is 16.4 Å². The zero-order valence-electron chi connectivity index (χ0n) is 12.8. The van der Waals surface area contributed by atoms with Gasteiger partial charge in [-0.1, -0.05) is 60.7 Å². The number of rotatable bonds is 5. The van der Waals surface area contributed by atoms with Gasteiger partial charge in [-0.05, 0) is 17.5 Å². The lowest BCUT2D eigenvalue weighted by Crippen LogP contribution is -2.44. The van der Waals surface area contributed by atoms with Crippen molar-refractivity contribution in [2.45, 2.75) is 13.0 Å². The summed E-state index contributed by atoms with van der Waals surface area (Å²) in [6, 6.07) is 20.2. The fourth-order valence-electron chi connectivity index (χ4n) is 1.99. The minimum absolute atomic E-state index is 0. The van der Waals surface area contributed by atoms with Gasteiger partial charge in [0.15, 0.2) is 11.9 Å². The fraction of sp³-hybridized carbons (Fsp3) is 0.176. The molecule has 23 heavy (non-hydrogen) atoms. The highest BCUT2D eigenvalue weighted by Gasteiger charge is 2.00. The molecule has 6 heteroatoms. The van der Waals surface area contributed by atoms with Crippen molar-refractivity contribution in [3.05, 3.63) is 71.8 Å². The molecular formula is C17H22ClN5. The second-order valence-corrected chi connectivity index (χ2v) is 4.85. The van der Waals surface area contributed by atoms with E-state index in [1.165, 1.54) is 5.56 Å². The number of guanidine groups is 2. The molecule has 0 radical (unpaired) electrons. The highest BCUT2D eigenvalue weighted by molar-refractivity contribution is 5.96. The van der Waals surface area contributed by atoms with Crippen LogP contribution in [0, 0.1) is 5.41 Å². The van der Waals surface area contributed by atoms with Crippen molar-refractivity contribution >= 4 is 24.3 Å². The van der Waals surface area contributed by atoms with E-state index < -0.39 is 0 Å². The van der Waals surface area contributed by atoms with Crippen LogP contribution in [0.25, 0.3) is 0 Å². The third-order valence-corrected chi connectivity index (χ3v) is 3.06. The Morgan fingerprint density at radius 2 is 1.52 bits per heavy atom. The van der Waals surface area contributed by atoms with Crippen molar-refractivity contribution in [1.82, 2.24) is 10.6 Å². The minimum atomic E-state index is -0.126. The largest absolute Gasteiger partial charge is 0.370 e. The number of halogens is 1. The van der Waals surface area contributed by atoms with Crippen LogP contribution >= 0.6 is 12.4 Å². The van der Waals surface area contributed by atoms with E-state index in [1.807, 2.05) is 48.5 Å². The molecule has 0 heterocycles. The van der Waals surface area contributed by atoms with Crippen LogP contribution in [-0.2, 0) is 13.0 Å². The van der Waals surface area contributed by atoms with E-state index >= 15 is 0 Å². The van der Waals surface area contributed by atoms with Crippen molar-refractivity contribution in [2.24, 2.45) is 10.7 Å². The molecule has 0 amide bonds. The first-order valence-electron chi connectivity index (χ1n) is 7.21. The second-order valence-electron chi connectivity index (χ2n) is 4.85. The molecule has 0 bridgehead atoms. The predicted octanol–water partition coefficient (Wildman–Crippen LogP) is 2.28. The quantitative estimate of drug-likeness (QED) is 0.501. The highest BCUT2D eigenvalue weighted by atomic mass is 35.5. The summed E-state index contributed by atoms with van der Waals surface area (Å²) in [5.74, 6) is 0.395. The van der Waals surface area contributed by atoms with Gasteiger partial charge in [0.25, 0.3) is 0 Å². The van der Waals surface area contributed by atoms with E-state index in [4.69, 9.17) is 11.1 Å². The number of hydrogen-bond acceptors (Lipinski definition) is 2. The molecule has 0 unspecified atom stereocenters. The Bertz CT molecular complexity index is 613. The summed E-state index contributed by atoms with van der Waals surface area (Å²) in [4.78, 5) is 4.44. The van der Waals surface area contributed by atoms with E-state index in [1.54, 1.807) is 0 Å². The number of aliphatic imine (C=N–C) groups is 1. The molecule has 0 saturated carbocycles. The Balaban J connectivity index is 0.00000264. The van der Waals surface area contributed by atoms with E-state index in [-0.39, 0.29) is 18.4 Å². The van der Waals surface area contributed by atoms with E-state index in [2.05, 4.69) is 27.8 Å². The molecule has 0 aromatic heterocycles. The van der Waals surface area contributed by atoms with Gasteiger partial charge in [-0.3, -0.25) is 10.7 Å². The first-order valence-corrected chi connectivity index (χ1v) is 7.21. The number of nitrogens with one attached hydrogen (secondary N) is 3. The van der Waals surface area contributed by atoms with Crippen LogP contribution in [0.5, 0.6) is 0 Å². The van der Waals surface area contributed by atoms with Crippen molar-refractivity contribution < 1.29 is 0 Å². The maximum atomic E-state index is 7.35. The van der Waals surface area contributed by atoms with Crippen LogP contribution in [-0.4, -0.2) is 18.5 Å². The molecule has 122 valence electrons. The molecule has 0 spiro atoms. The summed E-state index contributed by atoms with van der Waals surface area (Å²) in [5, 5.41) is 13.3. The molecule has 0 saturated heterocycles. The zero-order valence-corrected chi connectivity index (χ0v) is 13.6. The van der Waals surface area contributed by atoms with Crippen molar-refractivity contribution in [3.63, 3.8) is 0 Å². The van der Waals surface area contributed by atoms with Crippen LogP contribution in [0.1, 0.15) is 11.1 Å². The van der Waals surface area contributed by atoms with Crippen molar-refractivity contribution in [2.75, 3.05) is 6.54 Å². The summed E-state index contributed by atoms with van der Waals surface area (Å²) >= 11 is 0. The van der Waals surface area contributed by atoms with E-state index in [0.29, 0.717) is 12.5 Å². The van der Waals surface area contributed by atoms with Crippen molar-refractivity contribution in [1.29, 1.82) is 5.41 Å². The third kappa shape index (κ3) is 7.33. The van der Waals surface area contributed by atoms with E-state index in [9.17, 15) is 0 Å². The van der Waals surface area contributed by atoms with Crippen molar-refractivity contribution in [3.8, 4) is 0 Å². The normalized spacial score (nSPS) is 10.5. The van der Waals surface area contributed by atoms with Gasteiger partial charge in [0, 0.05) is 6.54 Å². The first kappa shape index (κ1) is 18.5. The first-order chi connectivity index (χ1) is 10.7. The van der Waals surface area contributed by atoms with Crippen LogP contribution in [0.15, 0.2) is 65.7 Å². The van der Waals surface area contributed by atoms with E-state index in [0.717, 1.165) is 18.5 Å². The third-order valence-electron chi connectivity index (χ3n) is 3.06. The molecule has 5 nitrogen and oxygen atoms in total. The molecule has 0 aliphatic heterocycles. The summed E-state index contributed by atoms with van der Waals surface area (Å²) in [7, 11) is 0. The Labute approximate surface area is 142 Å². The maximum absolute atomic E-state index is 7.35. The molecule has 0 aliphatic rings. The average Bonchev–Trinajstić information content (AvgIpc) is 2.54.